The van der Waals surface area contributed by atoms with Gasteiger partial charge in [-0.1, -0.05) is 140 Å². The van der Waals surface area contributed by atoms with E-state index in [2.05, 4.69) is 215 Å². The topological polar surface area (TPSA) is 33.8 Å². The van der Waals surface area contributed by atoms with Crippen molar-refractivity contribution in [2.45, 2.75) is 0 Å². The van der Waals surface area contributed by atoms with Crippen LogP contribution < -0.4 is 14.5 Å². The average molecular weight is 834 g/mol. The Morgan fingerprint density at radius 3 is 1.48 bits per heavy atom. The van der Waals surface area contributed by atoms with Gasteiger partial charge in [-0.3, -0.25) is 0 Å². The summed E-state index contributed by atoms with van der Waals surface area (Å²) < 4.78 is 15.1. The molecule has 1 aliphatic heterocycles. The number of ether oxygens (including phenoxy) is 1. The van der Waals surface area contributed by atoms with Crippen LogP contribution in [0, 0.1) is 0 Å². The van der Waals surface area contributed by atoms with E-state index in [0.29, 0.717) is 0 Å². The van der Waals surface area contributed by atoms with Crippen LogP contribution in [0.3, 0.4) is 0 Å². The molecule has 13 rings (SSSR count). The number of rotatable bonds is 7. The van der Waals surface area contributed by atoms with Gasteiger partial charge >= 0.3 is 0 Å². The Bertz CT molecular complexity index is 3660. The SMILES string of the molecule is c1ccc(-c2ccc(N(c3ccc(-c4ccc5oc6ccccc6c5c4)cc3)c3cc(N4c5ccccc5Oc5ccccc54)cc(-n4c5ccccc5c5ccccc54)c3)cc2)cc1. The van der Waals surface area contributed by atoms with E-state index in [1.165, 1.54) is 16.3 Å². The van der Waals surface area contributed by atoms with Crippen LogP contribution in [-0.2, 0) is 0 Å². The summed E-state index contributed by atoms with van der Waals surface area (Å²) in [4.78, 5) is 4.72. The highest BCUT2D eigenvalue weighted by molar-refractivity contribution is 6.10. The van der Waals surface area contributed by atoms with Crippen LogP contribution >= 0.6 is 0 Å². The number of hydrogen-bond donors (Lipinski definition) is 0. The van der Waals surface area contributed by atoms with Crippen molar-refractivity contribution in [3.8, 4) is 39.4 Å². The van der Waals surface area contributed by atoms with Crippen LogP contribution in [0.2, 0.25) is 0 Å². The van der Waals surface area contributed by atoms with Crippen LogP contribution in [0.25, 0.3) is 71.7 Å². The van der Waals surface area contributed by atoms with Crippen LogP contribution in [0.5, 0.6) is 11.5 Å². The minimum absolute atomic E-state index is 0.806. The molecule has 0 aliphatic carbocycles. The lowest BCUT2D eigenvalue weighted by Crippen LogP contribution is -2.17. The van der Waals surface area contributed by atoms with Crippen molar-refractivity contribution < 1.29 is 9.15 Å². The van der Waals surface area contributed by atoms with Crippen molar-refractivity contribution in [3.63, 3.8) is 0 Å². The number of furan rings is 1. The Morgan fingerprint density at radius 2 is 0.815 bits per heavy atom. The number of fused-ring (bicyclic) bond motifs is 8. The molecule has 0 fully saturated rings. The van der Waals surface area contributed by atoms with E-state index in [9.17, 15) is 0 Å². The molecule has 0 N–H and O–H groups in total. The number of aromatic nitrogens is 1. The molecule has 0 atom stereocenters. The Kier molecular flexibility index (Phi) is 8.46. The van der Waals surface area contributed by atoms with E-state index in [4.69, 9.17) is 9.15 Å². The molecule has 10 aromatic carbocycles. The molecular weight excluding hydrogens is 795 g/mol. The summed E-state index contributed by atoms with van der Waals surface area (Å²) in [5, 5.41) is 4.66. The third kappa shape index (κ3) is 6.16. The van der Waals surface area contributed by atoms with E-state index >= 15 is 0 Å². The first-order valence-electron chi connectivity index (χ1n) is 22.0. The van der Waals surface area contributed by atoms with Crippen molar-refractivity contribution in [3.05, 3.63) is 237 Å². The summed E-state index contributed by atoms with van der Waals surface area (Å²) in [7, 11) is 0. The third-order valence-electron chi connectivity index (χ3n) is 12.7. The number of anilines is 6. The normalized spacial score (nSPS) is 12.1. The maximum absolute atomic E-state index is 6.54. The zero-order valence-electron chi connectivity index (χ0n) is 35.2. The Labute approximate surface area is 375 Å². The molecular formula is C60H39N3O2. The smallest absolute Gasteiger partial charge is 0.151 e. The molecule has 0 unspecified atom stereocenters. The van der Waals surface area contributed by atoms with Crippen molar-refractivity contribution >= 4 is 77.9 Å². The summed E-state index contributed by atoms with van der Waals surface area (Å²) in [6.45, 7) is 0. The first-order chi connectivity index (χ1) is 32.2. The molecule has 0 saturated heterocycles. The van der Waals surface area contributed by atoms with E-state index in [0.717, 1.165) is 101 Å². The molecule has 65 heavy (non-hydrogen) atoms. The molecule has 0 bridgehead atoms. The van der Waals surface area contributed by atoms with Crippen LogP contribution in [0.15, 0.2) is 241 Å². The van der Waals surface area contributed by atoms with E-state index in [1.54, 1.807) is 0 Å². The summed E-state index contributed by atoms with van der Waals surface area (Å²) in [5.74, 6) is 1.61. The van der Waals surface area contributed by atoms with Gasteiger partial charge < -0.3 is 23.5 Å². The lowest BCUT2D eigenvalue weighted by molar-refractivity contribution is 0.477. The molecule has 3 heterocycles. The fourth-order valence-corrected chi connectivity index (χ4v) is 9.74. The molecule has 12 aromatic rings. The largest absolute Gasteiger partial charge is 0.456 e. The summed E-state index contributed by atoms with van der Waals surface area (Å²) >= 11 is 0. The second kappa shape index (κ2) is 14.9. The minimum atomic E-state index is 0.806. The monoisotopic (exact) mass is 833 g/mol. The van der Waals surface area contributed by atoms with Gasteiger partial charge in [0.25, 0.3) is 0 Å². The number of benzene rings is 10. The van der Waals surface area contributed by atoms with Crippen molar-refractivity contribution in [2.75, 3.05) is 9.80 Å². The van der Waals surface area contributed by atoms with E-state index in [-0.39, 0.29) is 0 Å². The maximum atomic E-state index is 6.54. The van der Waals surface area contributed by atoms with Gasteiger partial charge in [0.05, 0.1) is 39.5 Å². The van der Waals surface area contributed by atoms with E-state index in [1.807, 2.05) is 36.4 Å². The molecule has 0 amide bonds. The fraction of sp³-hybridized carbons (Fsp3) is 0. The fourth-order valence-electron chi connectivity index (χ4n) is 9.74. The molecule has 5 heteroatoms. The highest BCUT2D eigenvalue weighted by Crippen LogP contribution is 2.52. The molecule has 2 aromatic heterocycles. The first-order valence-corrected chi connectivity index (χ1v) is 22.0. The Morgan fingerprint density at radius 1 is 0.323 bits per heavy atom. The van der Waals surface area contributed by atoms with Crippen molar-refractivity contribution in [1.82, 2.24) is 4.57 Å². The predicted octanol–water partition coefficient (Wildman–Crippen LogP) is 17.1. The van der Waals surface area contributed by atoms with Crippen LogP contribution in [-0.4, -0.2) is 4.57 Å². The van der Waals surface area contributed by atoms with Crippen molar-refractivity contribution in [1.29, 1.82) is 0 Å². The average Bonchev–Trinajstić information content (AvgIpc) is 3.92. The molecule has 306 valence electrons. The highest BCUT2D eigenvalue weighted by atomic mass is 16.5. The Balaban J connectivity index is 1.04. The molecule has 0 radical (unpaired) electrons. The minimum Gasteiger partial charge on any atom is -0.456 e. The van der Waals surface area contributed by atoms with Crippen LogP contribution in [0.4, 0.5) is 34.1 Å². The number of para-hydroxylation sites is 7. The van der Waals surface area contributed by atoms with Gasteiger partial charge in [0.15, 0.2) is 11.5 Å². The van der Waals surface area contributed by atoms with Gasteiger partial charge in [-0.15, -0.1) is 0 Å². The molecule has 5 nitrogen and oxygen atoms in total. The lowest BCUT2D eigenvalue weighted by atomic mass is 10.0. The third-order valence-corrected chi connectivity index (χ3v) is 12.7. The highest BCUT2D eigenvalue weighted by Gasteiger charge is 2.28. The van der Waals surface area contributed by atoms with Gasteiger partial charge in [-0.25, -0.2) is 0 Å². The van der Waals surface area contributed by atoms with Crippen LogP contribution in [0.1, 0.15) is 0 Å². The van der Waals surface area contributed by atoms with Gasteiger partial charge in [-0.05, 0) is 119 Å². The number of hydrogen-bond acceptors (Lipinski definition) is 4. The van der Waals surface area contributed by atoms with E-state index < -0.39 is 0 Å². The molecule has 0 spiro atoms. The first kappa shape index (κ1) is 36.8. The molecule has 0 saturated carbocycles. The maximum Gasteiger partial charge on any atom is 0.151 e. The summed E-state index contributed by atoms with van der Waals surface area (Å²) in [5.41, 5.74) is 15.7. The van der Waals surface area contributed by atoms with Crippen molar-refractivity contribution in [2.24, 2.45) is 0 Å². The van der Waals surface area contributed by atoms with Gasteiger partial charge in [0.2, 0.25) is 0 Å². The number of nitrogens with zero attached hydrogens (tertiary/aromatic N) is 3. The lowest BCUT2D eigenvalue weighted by Gasteiger charge is -2.34. The zero-order valence-corrected chi connectivity index (χ0v) is 35.2. The van der Waals surface area contributed by atoms with Gasteiger partial charge in [-0.2, -0.15) is 0 Å². The van der Waals surface area contributed by atoms with Gasteiger partial charge in [0, 0.05) is 32.9 Å². The van der Waals surface area contributed by atoms with Gasteiger partial charge in [0.1, 0.15) is 11.2 Å². The zero-order chi connectivity index (χ0) is 42.8. The predicted molar refractivity (Wildman–Crippen MR) is 268 cm³/mol. The molecule has 1 aliphatic rings. The second-order valence-electron chi connectivity index (χ2n) is 16.6. The standard InChI is InChI=1S/C60H39N3O2/c1-2-14-40(15-3-1)41-26-31-44(32-27-41)61(45-33-28-42(29-34-45)43-30-35-58-52(36-43)51-18-6-11-23-57(51)64-58)46-37-47(62-53-19-7-4-16-49(53)50-17-5-8-20-54(50)62)39-48(38-46)63-55-21-9-12-24-59(55)65-60-25-13-10-22-56(60)63/h1-39H. The summed E-state index contributed by atoms with van der Waals surface area (Å²) in [6, 6.07) is 84.1. The Hall–Kier alpha value is -8.80. The summed E-state index contributed by atoms with van der Waals surface area (Å²) in [6.07, 6.45) is 0. The quantitative estimate of drug-likeness (QED) is 0.160. The second-order valence-corrected chi connectivity index (χ2v) is 16.6.